The predicted octanol–water partition coefficient (Wildman–Crippen LogP) is 24.8. The summed E-state index contributed by atoms with van der Waals surface area (Å²) in [6.45, 7) is 4.59. The molecule has 0 aromatic heterocycles. The van der Waals surface area contributed by atoms with Crippen molar-refractivity contribution in [2.24, 2.45) is 0 Å². The van der Waals surface area contributed by atoms with Gasteiger partial charge in [-0.15, -0.1) is 0 Å². The van der Waals surface area contributed by atoms with E-state index in [4.69, 9.17) is 18.9 Å². The maximum atomic E-state index is 13.0. The zero-order valence-electron chi connectivity index (χ0n) is 64.3. The summed E-state index contributed by atoms with van der Waals surface area (Å²) in [5, 5.41) is 11.9. The lowest BCUT2D eigenvalue weighted by molar-refractivity contribution is -0.870. The van der Waals surface area contributed by atoms with Crippen LogP contribution in [0, 0.1) is 0 Å². The lowest BCUT2D eigenvalue weighted by atomic mass is 10.0. The van der Waals surface area contributed by atoms with Crippen LogP contribution in [-0.2, 0) is 33.3 Å². The van der Waals surface area contributed by atoms with Gasteiger partial charge in [-0.3, -0.25) is 9.59 Å². The number of unbranched alkanes of at least 4 members (excludes halogenated alkanes) is 30. The summed E-state index contributed by atoms with van der Waals surface area (Å²) in [6.07, 6.45) is 115. The maximum Gasteiger partial charge on any atom is 0.306 e. The molecule has 0 aliphatic heterocycles. The number of likely N-dealkylation sites (N-methyl/N-ethyl adjacent to an activating group) is 1. The second kappa shape index (κ2) is 78.4. The molecule has 0 heterocycles. The average molecular weight is 1370 g/mol. The molecule has 0 radical (unpaired) electrons. The second-order valence-electron chi connectivity index (χ2n) is 27.6. The third-order valence-corrected chi connectivity index (χ3v) is 16.9. The molecule has 0 aliphatic rings. The standard InChI is InChI=1S/C90H149NO8/c1-6-8-10-12-14-16-18-20-22-24-26-28-30-32-34-36-38-40-42-44-46-48-50-52-54-56-58-60-62-64-66-68-70-72-74-76-78-80-87(92)97-84-86(85-98-90(89(94)95)96-83-82-91(3,4)5)99-88(93)81-79-77-75-73-71-69-67-65-63-61-59-57-55-53-51-49-47-45-43-41-39-37-35-33-31-29-27-25-23-21-19-17-15-13-11-9-7-2/h9,11,15,17-18,20-21,23-24,26-27,29-30,32-33,35,39,41,45,47,51,53,57,59,63,65,69,71,86,90H,6-8,10,12-14,16,19,22,25,28,31,34,36-38,40,42-44,46,48-50,52,54-56,58,60-62,64,66-68,70,72-85H2,1-5H3/b11-9-,17-15-,20-18-,23-21-,26-24-,29-27-,32-30-,35-33-,41-39-,47-45-,53-51-,59-57-,65-63-,71-69-. The lowest BCUT2D eigenvalue weighted by Crippen LogP contribution is -2.44. The van der Waals surface area contributed by atoms with E-state index in [2.05, 4.69) is 184 Å². The van der Waals surface area contributed by atoms with Crippen molar-refractivity contribution in [3.63, 3.8) is 0 Å². The van der Waals surface area contributed by atoms with E-state index in [1.54, 1.807) is 0 Å². The van der Waals surface area contributed by atoms with Crippen LogP contribution in [0.15, 0.2) is 170 Å². The number of aliphatic carboxylic acids is 1. The fourth-order valence-electron chi connectivity index (χ4n) is 10.8. The van der Waals surface area contributed by atoms with E-state index in [0.717, 1.165) is 122 Å². The highest BCUT2D eigenvalue weighted by atomic mass is 16.7. The molecule has 2 atom stereocenters. The van der Waals surface area contributed by atoms with Gasteiger partial charge in [0.2, 0.25) is 0 Å². The first-order valence-electron chi connectivity index (χ1n) is 40.3. The molecule has 0 saturated heterocycles. The summed E-state index contributed by atoms with van der Waals surface area (Å²) >= 11 is 0. The van der Waals surface area contributed by atoms with Crippen LogP contribution in [0.25, 0.3) is 0 Å². The highest BCUT2D eigenvalue weighted by Crippen LogP contribution is 2.17. The molecule has 0 rings (SSSR count). The number of allylic oxidation sites excluding steroid dienone is 28. The number of nitrogens with zero attached hydrogens (tertiary/aromatic N) is 1. The number of esters is 2. The third kappa shape index (κ3) is 79.8. The van der Waals surface area contributed by atoms with Gasteiger partial charge < -0.3 is 33.3 Å². The Bertz CT molecular complexity index is 2240. The minimum Gasteiger partial charge on any atom is -0.545 e. The van der Waals surface area contributed by atoms with Crippen LogP contribution in [0.3, 0.4) is 0 Å². The molecular formula is C90H149NO8. The van der Waals surface area contributed by atoms with E-state index in [9.17, 15) is 19.5 Å². The summed E-state index contributed by atoms with van der Waals surface area (Å²) in [5.74, 6) is -2.33. The van der Waals surface area contributed by atoms with E-state index in [1.165, 1.54) is 167 Å². The van der Waals surface area contributed by atoms with Crippen molar-refractivity contribution in [2.45, 2.75) is 334 Å². The molecule has 0 N–H and O–H groups in total. The Balaban J connectivity index is 4.14. The van der Waals surface area contributed by atoms with Crippen molar-refractivity contribution < 1.29 is 42.9 Å². The summed E-state index contributed by atoms with van der Waals surface area (Å²) in [6, 6.07) is 0. The SMILES string of the molecule is CC/C=C\C/C=C\C/C=C\C/C=C\C/C=C\C/C=C\C/C=C\C/C=C\C/C=C\C/C=C\C/C=C\CCCCCC(=O)OC(COC(=O)CCCCCCCCCCCCCCCCCCCCCCCC/C=C\C/C=C\C/C=C\CCCCCCC)COC(OCC[N+](C)(C)C)C(=O)[O-]. The fraction of sp³-hybridized carbons (Fsp3) is 0.656. The maximum absolute atomic E-state index is 13.0. The molecule has 2 unspecified atom stereocenters. The Kier molecular flexibility index (Phi) is 74.1. The number of hydrogen-bond acceptors (Lipinski definition) is 8. The van der Waals surface area contributed by atoms with E-state index in [1.807, 2.05) is 21.1 Å². The zero-order valence-corrected chi connectivity index (χ0v) is 64.3. The van der Waals surface area contributed by atoms with Crippen LogP contribution in [0.5, 0.6) is 0 Å². The van der Waals surface area contributed by atoms with Gasteiger partial charge in [0, 0.05) is 12.8 Å². The number of carboxylic acid groups (broad SMARTS) is 1. The van der Waals surface area contributed by atoms with Gasteiger partial charge in [0.1, 0.15) is 13.2 Å². The molecule has 0 spiro atoms. The molecule has 99 heavy (non-hydrogen) atoms. The number of rotatable bonds is 73. The summed E-state index contributed by atoms with van der Waals surface area (Å²) in [7, 11) is 5.92. The minimum absolute atomic E-state index is 0.133. The molecule has 0 fully saturated rings. The van der Waals surface area contributed by atoms with Gasteiger partial charge in [0.15, 0.2) is 12.4 Å². The average Bonchev–Trinajstić information content (AvgIpc) is 2.19. The number of carbonyl (C=O) groups excluding carboxylic acids is 3. The topological polar surface area (TPSA) is 111 Å². The van der Waals surface area contributed by atoms with Crippen molar-refractivity contribution in [2.75, 3.05) is 47.5 Å². The van der Waals surface area contributed by atoms with Gasteiger partial charge in [-0.2, -0.15) is 0 Å². The van der Waals surface area contributed by atoms with Gasteiger partial charge in [-0.05, 0) is 135 Å². The molecule has 9 nitrogen and oxygen atoms in total. The number of quaternary nitrogens is 1. The van der Waals surface area contributed by atoms with Crippen LogP contribution in [0.2, 0.25) is 0 Å². The van der Waals surface area contributed by atoms with E-state index < -0.39 is 24.3 Å². The van der Waals surface area contributed by atoms with Crippen molar-refractivity contribution in [3.8, 4) is 0 Å². The van der Waals surface area contributed by atoms with Crippen molar-refractivity contribution in [3.05, 3.63) is 170 Å². The van der Waals surface area contributed by atoms with Crippen LogP contribution >= 0.6 is 0 Å². The van der Waals surface area contributed by atoms with Crippen molar-refractivity contribution >= 4 is 17.9 Å². The van der Waals surface area contributed by atoms with Gasteiger partial charge in [-0.25, -0.2) is 0 Å². The van der Waals surface area contributed by atoms with Crippen LogP contribution < -0.4 is 5.11 Å². The summed E-state index contributed by atoms with van der Waals surface area (Å²) < 4.78 is 22.8. The molecule has 9 heteroatoms. The van der Waals surface area contributed by atoms with E-state index >= 15 is 0 Å². The molecule has 0 aromatic rings. The molecule has 0 aromatic carbocycles. The Morgan fingerprint density at radius 3 is 0.869 bits per heavy atom. The quantitative estimate of drug-likeness (QED) is 0.0195. The number of hydrogen-bond donors (Lipinski definition) is 0. The molecule has 0 amide bonds. The van der Waals surface area contributed by atoms with Gasteiger partial charge >= 0.3 is 11.9 Å². The van der Waals surface area contributed by atoms with Crippen LogP contribution in [0.1, 0.15) is 322 Å². The van der Waals surface area contributed by atoms with Crippen LogP contribution in [0.4, 0.5) is 0 Å². The Morgan fingerprint density at radius 1 is 0.313 bits per heavy atom. The first kappa shape index (κ1) is 93.6. The normalized spacial score (nSPS) is 13.6. The number of ether oxygens (including phenoxy) is 4. The highest BCUT2D eigenvalue weighted by molar-refractivity contribution is 5.70. The minimum atomic E-state index is -1.64. The lowest BCUT2D eigenvalue weighted by Gasteiger charge is -2.26. The summed E-state index contributed by atoms with van der Waals surface area (Å²) in [4.78, 5) is 37.6. The zero-order chi connectivity index (χ0) is 71.8. The van der Waals surface area contributed by atoms with Gasteiger partial charge in [0.05, 0.1) is 40.3 Å². The first-order valence-corrected chi connectivity index (χ1v) is 40.3. The van der Waals surface area contributed by atoms with Crippen molar-refractivity contribution in [1.29, 1.82) is 0 Å². The molecule has 0 bridgehead atoms. The van der Waals surface area contributed by atoms with E-state index in [0.29, 0.717) is 17.4 Å². The molecule has 0 aliphatic carbocycles. The van der Waals surface area contributed by atoms with Crippen molar-refractivity contribution in [1.82, 2.24) is 0 Å². The Labute approximate surface area is 609 Å². The number of carboxylic acids is 1. The van der Waals surface area contributed by atoms with Crippen LogP contribution in [-0.4, -0.2) is 82.3 Å². The monoisotopic (exact) mass is 1370 g/mol. The molecule has 0 saturated carbocycles. The van der Waals surface area contributed by atoms with Gasteiger partial charge in [-0.1, -0.05) is 344 Å². The third-order valence-electron chi connectivity index (χ3n) is 16.9. The second-order valence-corrected chi connectivity index (χ2v) is 27.6. The number of carbonyl (C=O) groups is 3. The van der Waals surface area contributed by atoms with E-state index in [-0.39, 0.29) is 38.6 Å². The summed E-state index contributed by atoms with van der Waals surface area (Å²) in [5.41, 5.74) is 0. The largest absolute Gasteiger partial charge is 0.545 e. The predicted molar refractivity (Wildman–Crippen MR) is 425 cm³/mol. The highest BCUT2D eigenvalue weighted by Gasteiger charge is 2.22. The first-order chi connectivity index (χ1) is 48.6. The Morgan fingerprint density at radius 2 is 0.576 bits per heavy atom. The fourth-order valence-corrected chi connectivity index (χ4v) is 10.8. The molecule has 562 valence electrons. The Hall–Kier alpha value is -5.35. The molecular weight excluding hydrogens is 1220 g/mol. The smallest absolute Gasteiger partial charge is 0.306 e. The van der Waals surface area contributed by atoms with Gasteiger partial charge in [0.25, 0.3) is 0 Å².